The van der Waals surface area contributed by atoms with E-state index in [0.717, 1.165) is 5.56 Å². The summed E-state index contributed by atoms with van der Waals surface area (Å²) in [7, 11) is -0.00817. The van der Waals surface area contributed by atoms with Crippen molar-refractivity contribution >= 4 is 33.4 Å². The first kappa shape index (κ1) is 25.1. The van der Waals surface area contributed by atoms with Crippen LogP contribution in [0.3, 0.4) is 0 Å². The predicted molar refractivity (Wildman–Crippen MR) is 134 cm³/mol. The molecular formula is C24H30N6O3S. The number of nitrogens with one attached hydrogen (secondary N) is 1. The van der Waals surface area contributed by atoms with Gasteiger partial charge >= 0.3 is 0 Å². The third-order valence-corrected chi connectivity index (χ3v) is 7.25. The average molecular weight is 483 g/mol. The second-order valence-electron chi connectivity index (χ2n) is 7.81. The Morgan fingerprint density at radius 1 is 1.09 bits per heavy atom. The first-order chi connectivity index (χ1) is 16.2. The van der Waals surface area contributed by atoms with Gasteiger partial charge < -0.3 is 10.2 Å². The molecule has 1 heterocycles. The fourth-order valence-corrected chi connectivity index (χ4v) is 4.94. The normalized spacial score (nSPS) is 11.8. The Bertz CT molecular complexity index is 1250. The molecule has 0 aliphatic carbocycles. The third kappa shape index (κ3) is 6.09. The Morgan fingerprint density at radius 2 is 1.79 bits per heavy atom. The largest absolute Gasteiger partial charge is 0.376 e. The van der Waals surface area contributed by atoms with E-state index < -0.39 is 15.9 Å². The second-order valence-corrected chi connectivity index (χ2v) is 9.75. The van der Waals surface area contributed by atoms with Crippen LogP contribution in [0.25, 0.3) is 6.08 Å². The molecule has 1 amide bonds. The van der Waals surface area contributed by atoms with E-state index in [4.69, 9.17) is 0 Å². The van der Waals surface area contributed by atoms with Crippen molar-refractivity contribution in [2.45, 2.75) is 25.3 Å². The van der Waals surface area contributed by atoms with Gasteiger partial charge in [-0.05, 0) is 29.8 Å². The van der Waals surface area contributed by atoms with Gasteiger partial charge in [0.1, 0.15) is 5.69 Å². The molecule has 0 atom stereocenters. The maximum absolute atomic E-state index is 12.9. The molecule has 0 saturated carbocycles. The standard InChI is InChI=1S/C24H30N6O3S/c1-5-30(6-2)34(32,33)21-13-14-23(28(3)4)22(16-21)25-24(31)15-12-20-18-29(27-26-20)17-19-10-8-7-9-11-19/h7-16,18H,5-6,17H2,1-4H3,(H,25,31)/b15-12+. The zero-order valence-electron chi connectivity index (χ0n) is 19.8. The molecule has 34 heavy (non-hydrogen) atoms. The van der Waals surface area contributed by atoms with Crippen LogP contribution in [-0.4, -0.2) is 60.8 Å². The highest BCUT2D eigenvalue weighted by Gasteiger charge is 2.23. The molecular weight excluding hydrogens is 452 g/mol. The van der Waals surface area contributed by atoms with Crippen LogP contribution < -0.4 is 10.2 Å². The number of benzene rings is 2. The van der Waals surface area contributed by atoms with Crippen LogP contribution in [0.1, 0.15) is 25.1 Å². The molecule has 0 unspecified atom stereocenters. The molecule has 3 rings (SSSR count). The molecule has 0 aliphatic rings. The van der Waals surface area contributed by atoms with E-state index in [1.165, 1.54) is 16.4 Å². The summed E-state index contributed by atoms with van der Waals surface area (Å²) >= 11 is 0. The van der Waals surface area contributed by atoms with E-state index in [-0.39, 0.29) is 4.90 Å². The van der Waals surface area contributed by atoms with Crippen molar-refractivity contribution in [2.75, 3.05) is 37.4 Å². The smallest absolute Gasteiger partial charge is 0.248 e. The van der Waals surface area contributed by atoms with Crippen molar-refractivity contribution in [1.29, 1.82) is 0 Å². The lowest BCUT2D eigenvalue weighted by Gasteiger charge is -2.22. The van der Waals surface area contributed by atoms with Gasteiger partial charge in [0, 0.05) is 33.3 Å². The minimum atomic E-state index is -3.66. The van der Waals surface area contributed by atoms with Gasteiger partial charge in [-0.15, -0.1) is 5.10 Å². The highest BCUT2D eigenvalue weighted by Crippen LogP contribution is 2.29. The molecule has 0 spiro atoms. The van der Waals surface area contributed by atoms with Crippen molar-refractivity contribution in [3.8, 4) is 0 Å². The molecule has 0 saturated heterocycles. The summed E-state index contributed by atoms with van der Waals surface area (Å²) in [4.78, 5) is 14.6. The number of aromatic nitrogens is 3. The molecule has 0 fully saturated rings. The number of rotatable bonds is 10. The van der Waals surface area contributed by atoms with Crippen molar-refractivity contribution < 1.29 is 13.2 Å². The Balaban J connectivity index is 1.76. The Morgan fingerprint density at radius 3 is 2.44 bits per heavy atom. The summed E-state index contributed by atoms with van der Waals surface area (Å²) in [5.74, 6) is -0.405. The lowest BCUT2D eigenvalue weighted by Crippen LogP contribution is -2.30. The summed E-state index contributed by atoms with van der Waals surface area (Å²) in [6.07, 6.45) is 4.66. The van der Waals surface area contributed by atoms with E-state index in [0.29, 0.717) is 36.7 Å². The van der Waals surface area contributed by atoms with Crippen molar-refractivity contribution in [1.82, 2.24) is 19.3 Å². The molecule has 2 aromatic carbocycles. The van der Waals surface area contributed by atoms with Crippen molar-refractivity contribution in [2.24, 2.45) is 0 Å². The van der Waals surface area contributed by atoms with Crippen LogP contribution >= 0.6 is 0 Å². The molecule has 0 bridgehead atoms. The molecule has 1 N–H and O–H groups in total. The molecule has 1 aromatic heterocycles. The molecule has 9 nitrogen and oxygen atoms in total. The Labute approximate surface area is 200 Å². The second kappa shape index (κ2) is 11.1. The zero-order chi connectivity index (χ0) is 24.7. The van der Waals surface area contributed by atoms with Gasteiger partial charge in [-0.25, -0.2) is 13.1 Å². The predicted octanol–water partition coefficient (Wildman–Crippen LogP) is 3.07. The maximum atomic E-state index is 12.9. The first-order valence-corrected chi connectivity index (χ1v) is 12.4. The number of carbonyl (C=O) groups excluding carboxylic acids is 1. The molecule has 10 heteroatoms. The lowest BCUT2D eigenvalue weighted by molar-refractivity contribution is -0.111. The molecule has 0 aliphatic heterocycles. The SMILES string of the molecule is CCN(CC)S(=O)(=O)c1ccc(N(C)C)c(NC(=O)/C=C/c2cn(Cc3ccccc3)nn2)c1. The van der Waals surface area contributed by atoms with E-state index in [9.17, 15) is 13.2 Å². The average Bonchev–Trinajstić information content (AvgIpc) is 3.26. The van der Waals surface area contributed by atoms with Gasteiger partial charge in [-0.1, -0.05) is 49.4 Å². The van der Waals surface area contributed by atoms with E-state index in [1.54, 1.807) is 42.9 Å². The van der Waals surface area contributed by atoms with Crippen LogP contribution in [0.4, 0.5) is 11.4 Å². The number of hydrogen-bond acceptors (Lipinski definition) is 6. The fourth-order valence-electron chi connectivity index (χ4n) is 3.45. The number of amides is 1. The number of nitrogens with zero attached hydrogens (tertiary/aromatic N) is 5. The summed E-state index contributed by atoms with van der Waals surface area (Å²) in [6.45, 7) is 4.89. The van der Waals surface area contributed by atoms with Gasteiger partial charge in [-0.2, -0.15) is 4.31 Å². The molecule has 0 radical (unpaired) electrons. The van der Waals surface area contributed by atoms with E-state index in [1.807, 2.05) is 49.3 Å². The van der Waals surface area contributed by atoms with Crippen LogP contribution in [0.5, 0.6) is 0 Å². The zero-order valence-corrected chi connectivity index (χ0v) is 20.7. The molecule has 180 valence electrons. The quantitative estimate of drug-likeness (QED) is 0.446. The minimum Gasteiger partial charge on any atom is -0.376 e. The third-order valence-electron chi connectivity index (χ3n) is 5.20. The van der Waals surface area contributed by atoms with Crippen molar-refractivity contribution in [3.63, 3.8) is 0 Å². The topological polar surface area (TPSA) is 100 Å². The summed E-state index contributed by atoms with van der Waals surface area (Å²) in [5, 5.41) is 11.0. The van der Waals surface area contributed by atoms with Crippen LogP contribution in [-0.2, 0) is 21.4 Å². The highest BCUT2D eigenvalue weighted by atomic mass is 32.2. The fraction of sp³-hybridized carbons (Fsp3) is 0.292. The number of sulfonamides is 1. The van der Waals surface area contributed by atoms with Gasteiger partial charge in [0.2, 0.25) is 15.9 Å². The molecule has 3 aromatic rings. The van der Waals surface area contributed by atoms with Crippen molar-refractivity contribution in [3.05, 3.63) is 72.1 Å². The van der Waals surface area contributed by atoms with Crippen LogP contribution in [0.2, 0.25) is 0 Å². The van der Waals surface area contributed by atoms with E-state index >= 15 is 0 Å². The summed E-state index contributed by atoms with van der Waals surface area (Å²) in [6, 6.07) is 14.6. The number of carbonyl (C=O) groups is 1. The first-order valence-electron chi connectivity index (χ1n) is 11.0. The van der Waals surface area contributed by atoms with Gasteiger partial charge in [0.25, 0.3) is 0 Å². The maximum Gasteiger partial charge on any atom is 0.248 e. The highest BCUT2D eigenvalue weighted by molar-refractivity contribution is 7.89. The number of anilines is 2. The lowest BCUT2D eigenvalue weighted by atomic mass is 10.2. The Hall–Kier alpha value is -3.50. The van der Waals surface area contributed by atoms with Crippen LogP contribution in [0.15, 0.2) is 65.7 Å². The van der Waals surface area contributed by atoms with Crippen LogP contribution in [0, 0.1) is 0 Å². The Kier molecular flexibility index (Phi) is 8.19. The minimum absolute atomic E-state index is 0.130. The monoisotopic (exact) mass is 482 g/mol. The van der Waals surface area contributed by atoms with E-state index in [2.05, 4.69) is 15.6 Å². The van der Waals surface area contributed by atoms with Gasteiger partial charge in [-0.3, -0.25) is 4.79 Å². The summed E-state index contributed by atoms with van der Waals surface area (Å²) in [5.41, 5.74) is 2.72. The summed E-state index contributed by atoms with van der Waals surface area (Å²) < 4.78 is 28.9. The van der Waals surface area contributed by atoms with Gasteiger partial charge in [0.15, 0.2) is 0 Å². The number of hydrogen-bond donors (Lipinski definition) is 1. The van der Waals surface area contributed by atoms with Gasteiger partial charge in [0.05, 0.1) is 29.0 Å².